The molecule has 0 bridgehead atoms. The summed E-state index contributed by atoms with van der Waals surface area (Å²) in [7, 11) is 0. The molecule has 0 saturated heterocycles. The van der Waals surface area contributed by atoms with Crippen molar-refractivity contribution in [3.8, 4) is 17.2 Å². The smallest absolute Gasteiger partial charge is 0.332 e. The lowest BCUT2D eigenvalue weighted by Crippen LogP contribution is -2.16. The number of carbonyl (C=O) groups is 2. The summed E-state index contributed by atoms with van der Waals surface area (Å²) in [4.78, 5) is 23.6. The summed E-state index contributed by atoms with van der Waals surface area (Å²) in [6, 6.07) is 14.4. The maximum atomic E-state index is 12.4. The molecule has 1 amide bonds. The summed E-state index contributed by atoms with van der Waals surface area (Å²) in [6.07, 6.45) is 1.52. The molecule has 0 radical (unpaired) electrons. The number of carboxylic acid groups (broad SMARTS) is 1. The molecule has 0 unspecified atom stereocenters. The quantitative estimate of drug-likeness (QED) is 0.840. The summed E-state index contributed by atoms with van der Waals surface area (Å²) in [5.41, 5.74) is 3.23. The number of carboxylic acids is 1. The summed E-state index contributed by atoms with van der Waals surface area (Å²) in [5.74, 6) is -1.47. The molecule has 3 rings (SSSR count). The monoisotopic (exact) mass is 366 g/mol. The van der Waals surface area contributed by atoms with Crippen molar-refractivity contribution in [3.05, 3.63) is 64.2 Å². The first-order valence-corrected chi connectivity index (χ1v) is 8.44. The van der Waals surface area contributed by atoms with Gasteiger partial charge in [-0.25, -0.2) is 4.79 Å². The average molecular weight is 367 g/mol. The van der Waals surface area contributed by atoms with Crippen LogP contribution >= 0.6 is 11.6 Å². The Morgan fingerprint density at radius 2 is 1.69 bits per heavy atom. The topological polar surface area (TPSA) is 90.2 Å². The number of halogens is 1. The van der Waals surface area contributed by atoms with Crippen molar-refractivity contribution in [3.63, 3.8) is 0 Å². The van der Waals surface area contributed by atoms with Gasteiger partial charge in [-0.05, 0) is 54.7 Å². The predicted octanol–water partition coefficient (Wildman–Crippen LogP) is 4.38. The third kappa shape index (κ3) is 3.61. The standard InChI is InChI=1S/C20H15ClN2O3/c21-17-10-14(13-6-4-12(11-22)5-7-13)8-9-18(17)23-19(24)15-2-1-3-16(15)20(25)26/h4-10H,1-3H2,(H,23,24)(H,25,26). The highest BCUT2D eigenvalue weighted by molar-refractivity contribution is 6.34. The Morgan fingerprint density at radius 1 is 1.04 bits per heavy atom. The molecule has 0 spiro atoms. The third-order valence-corrected chi connectivity index (χ3v) is 4.63. The van der Waals surface area contributed by atoms with E-state index < -0.39 is 11.9 Å². The summed E-state index contributed by atoms with van der Waals surface area (Å²) < 4.78 is 0. The van der Waals surface area contributed by atoms with Gasteiger partial charge in [-0.15, -0.1) is 0 Å². The second-order valence-electron chi connectivity index (χ2n) is 5.95. The molecular formula is C20H15ClN2O3. The molecule has 130 valence electrons. The van der Waals surface area contributed by atoms with Crippen LogP contribution in [0.1, 0.15) is 24.8 Å². The molecule has 0 fully saturated rings. The zero-order valence-corrected chi connectivity index (χ0v) is 14.5. The third-order valence-electron chi connectivity index (χ3n) is 4.31. The molecule has 0 atom stereocenters. The summed E-state index contributed by atoms with van der Waals surface area (Å²) >= 11 is 6.29. The average Bonchev–Trinajstić information content (AvgIpc) is 3.14. The molecular weight excluding hydrogens is 352 g/mol. The van der Waals surface area contributed by atoms with E-state index in [9.17, 15) is 9.59 Å². The molecule has 0 heterocycles. The molecule has 2 aromatic rings. The van der Waals surface area contributed by atoms with Crippen LogP contribution in [-0.4, -0.2) is 17.0 Å². The van der Waals surface area contributed by atoms with Crippen molar-refractivity contribution in [1.82, 2.24) is 0 Å². The first-order valence-electron chi connectivity index (χ1n) is 8.06. The highest BCUT2D eigenvalue weighted by Gasteiger charge is 2.25. The van der Waals surface area contributed by atoms with Gasteiger partial charge in [0.15, 0.2) is 0 Å². The van der Waals surface area contributed by atoms with E-state index in [1.54, 1.807) is 24.3 Å². The van der Waals surface area contributed by atoms with Crippen LogP contribution in [0.4, 0.5) is 5.69 Å². The Labute approximate surface area is 155 Å². The molecule has 2 N–H and O–H groups in total. The van der Waals surface area contributed by atoms with Gasteiger partial charge in [0.05, 0.1) is 22.3 Å². The van der Waals surface area contributed by atoms with Crippen LogP contribution in [0.25, 0.3) is 11.1 Å². The first-order chi connectivity index (χ1) is 12.5. The van der Waals surface area contributed by atoms with E-state index in [4.69, 9.17) is 22.0 Å². The van der Waals surface area contributed by atoms with Crippen LogP contribution in [0, 0.1) is 11.3 Å². The van der Waals surface area contributed by atoms with Gasteiger partial charge in [-0.1, -0.05) is 29.8 Å². The SMILES string of the molecule is N#Cc1ccc(-c2ccc(NC(=O)C3=C(C(=O)O)CCC3)c(Cl)c2)cc1. The lowest BCUT2D eigenvalue weighted by Gasteiger charge is -2.10. The van der Waals surface area contributed by atoms with Crippen LogP contribution in [0.3, 0.4) is 0 Å². The minimum Gasteiger partial charge on any atom is -0.478 e. The Kier molecular flexibility index (Phi) is 5.06. The molecule has 2 aromatic carbocycles. The van der Waals surface area contributed by atoms with Crippen molar-refractivity contribution in [2.75, 3.05) is 5.32 Å². The molecule has 0 aliphatic heterocycles. The van der Waals surface area contributed by atoms with E-state index in [0.29, 0.717) is 41.1 Å². The van der Waals surface area contributed by atoms with Crippen molar-refractivity contribution in [2.24, 2.45) is 0 Å². The van der Waals surface area contributed by atoms with E-state index >= 15 is 0 Å². The Morgan fingerprint density at radius 3 is 2.31 bits per heavy atom. The van der Waals surface area contributed by atoms with Gasteiger partial charge in [0.25, 0.3) is 5.91 Å². The van der Waals surface area contributed by atoms with Crippen molar-refractivity contribution >= 4 is 29.2 Å². The number of anilines is 1. The van der Waals surface area contributed by atoms with E-state index in [1.165, 1.54) is 0 Å². The maximum absolute atomic E-state index is 12.4. The summed E-state index contributed by atoms with van der Waals surface area (Å²) in [6.45, 7) is 0. The van der Waals surface area contributed by atoms with Crippen molar-refractivity contribution < 1.29 is 14.7 Å². The maximum Gasteiger partial charge on any atom is 0.332 e. The number of benzene rings is 2. The lowest BCUT2D eigenvalue weighted by atomic mass is 10.0. The Hall–Kier alpha value is -3.10. The van der Waals surface area contributed by atoms with Gasteiger partial charge in [-0.2, -0.15) is 5.26 Å². The fourth-order valence-corrected chi connectivity index (χ4v) is 3.19. The number of amides is 1. The molecule has 1 aliphatic carbocycles. The molecule has 1 aliphatic rings. The second-order valence-corrected chi connectivity index (χ2v) is 6.36. The van der Waals surface area contributed by atoms with Gasteiger partial charge in [0, 0.05) is 11.1 Å². The number of rotatable bonds is 4. The second kappa shape index (κ2) is 7.42. The number of hydrogen-bond acceptors (Lipinski definition) is 3. The number of carbonyl (C=O) groups excluding carboxylic acids is 1. The fourth-order valence-electron chi connectivity index (χ4n) is 2.96. The number of aliphatic carboxylic acids is 1. The van der Waals surface area contributed by atoms with Gasteiger partial charge in [-0.3, -0.25) is 4.79 Å². The molecule has 6 heteroatoms. The Balaban J connectivity index is 1.82. The minimum absolute atomic E-state index is 0.174. The zero-order valence-electron chi connectivity index (χ0n) is 13.8. The van der Waals surface area contributed by atoms with E-state index in [1.807, 2.05) is 18.2 Å². The van der Waals surface area contributed by atoms with Gasteiger partial charge < -0.3 is 10.4 Å². The van der Waals surface area contributed by atoms with E-state index in [2.05, 4.69) is 11.4 Å². The molecule has 0 aromatic heterocycles. The molecule has 26 heavy (non-hydrogen) atoms. The lowest BCUT2D eigenvalue weighted by molar-refractivity contribution is -0.133. The number of nitriles is 1. The normalized spacial score (nSPS) is 13.4. The first kappa shape index (κ1) is 17.7. The van der Waals surface area contributed by atoms with Crippen molar-refractivity contribution in [1.29, 1.82) is 5.26 Å². The Bertz CT molecular complexity index is 956. The predicted molar refractivity (Wildman–Crippen MR) is 98.7 cm³/mol. The number of nitrogens with one attached hydrogen (secondary N) is 1. The van der Waals surface area contributed by atoms with Crippen LogP contribution in [0.5, 0.6) is 0 Å². The molecule has 5 nitrogen and oxygen atoms in total. The van der Waals surface area contributed by atoms with Crippen LogP contribution in [-0.2, 0) is 9.59 Å². The molecule has 0 saturated carbocycles. The zero-order chi connectivity index (χ0) is 18.7. The number of nitrogens with zero attached hydrogens (tertiary/aromatic N) is 1. The highest BCUT2D eigenvalue weighted by atomic mass is 35.5. The van der Waals surface area contributed by atoms with Crippen LogP contribution in [0.15, 0.2) is 53.6 Å². The van der Waals surface area contributed by atoms with E-state index in [0.717, 1.165) is 11.1 Å². The van der Waals surface area contributed by atoms with Gasteiger partial charge in [0.1, 0.15) is 0 Å². The minimum atomic E-state index is -1.05. The largest absolute Gasteiger partial charge is 0.478 e. The van der Waals surface area contributed by atoms with Gasteiger partial charge in [0.2, 0.25) is 0 Å². The van der Waals surface area contributed by atoms with Crippen LogP contribution < -0.4 is 5.32 Å². The number of hydrogen-bond donors (Lipinski definition) is 2. The highest BCUT2D eigenvalue weighted by Crippen LogP contribution is 2.31. The van der Waals surface area contributed by atoms with Gasteiger partial charge >= 0.3 is 5.97 Å². The van der Waals surface area contributed by atoms with Crippen molar-refractivity contribution in [2.45, 2.75) is 19.3 Å². The fraction of sp³-hybridized carbons (Fsp3) is 0.150. The van der Waals surface area contributed by atoms with Crippen LogP contribution in [0.2, 0.25) is 5.02 Å². The van der Waals surface area contributed by atoms with E-state index in [-0.39, 0.29) is 5.57 Å². The summed E-state index contributed by atoms with van der Waals surface area (Å²) in [5, 5.41) is 21.1.